The number of nitrogens with zero attached hydrogens (tertiary/aromatic N) is 3. The van der Waals surface area contributed by atoms with Crippen LogP contribution in [0, 0.1) is 0 Å². The van der Waals surface area contributed by atoms with Crippen LogP contribution >= 0.6 is 11.3 Å². The van der Waals surface area contributed by atoms with Crippen LogP contribution < -0.4 is 5.56 Å². The predicted octanol–water partition coefficient (Wildman–Crippen LogP) is 3.06. The fourth-order valence-electron chi connectivity index (χ4n) is 2.62. The molecule has 0 saturated carbocycles. The molecule has 2 aromatic rings. The topological polar surface area (TPSA) is 55.2 Å². The molecule has 0 unspecified atom stereocenters. The van der Waals surface area contributed by atoms with Crippen molar-refractivity contribution >= 4 is 17.2 Å². The van der Waals surface area contributed by atoms with E-state index in [1.165, 1.54) is 16.8 Å². The van der Waals surface area contributed by atoms with Crippen LogP contribution in [0.2, 0.25) is 0 Å². The van der Waals surface area contributed by atoms with Crippen molar-refractivity contribution in [1.82, 2.24) is 14.7 Å². The van der Waals surface area contributed by atoms with Gasteiger partial charge in [0.05, 0.1) is 6.54 Å². The van der Waals surface area contributed by atoms with Crippen LogP contribution in [0.3, 0.4) is 0 Å². The monoisotopic (exact) mass is 333 g/mol. The van der Waals surface area contributed by atoms with Crippen molar-refractivity contribution in [3.63, 3.8) is 0 Å². The fraction of sp³-hybridized carbons (Fsp3) is 0.471. The largest absolute Gasteiger partial charge is 0.327 e. The summed E-state index contributed by atoms with van der Waals surface area (Å²) in [5, 5.41) is 6.12. The minimum Gasteiger partial charge on any atom is -0.327 e. The zero-order valence-electron chi connectivity index (χ0n) is 14.1. The van der Waals surface area contributed by atoms with Gasteiger partial charge in [0.25, 0.3) is 11.5 Å². The van der Waals surface area contributed by atoms with Crippen LogP contribution in [0.5, 0.6) is 0 Å². The molecule has 0 saturated heterocycles. The lowest BCUT2D eigenvalue weighted by atomic mass is 9.95. The molecule has 0 radical (unpaired) electrons. The first-order valence-electron chi connectivity index (χ1n) is 7.74. The van der Waals surface area contributed by atoms with Crippen molar-refractivity contribution in [2.24, 2.45) is 7.05 Å². The molecule has 5 nitrogen and oxygen atoms in total. The summed E-state index contributed by atoms with van der Waals surface area (Å²) in [6, 6.07) is 6.91. The van der Waals surface area contributed by atoms with Gasteiger partial charge in [0.15, 0.2) is 0 Å². The van der Waals surface area contributed by atoms with Gasteiger partial charge in [0.1, 0.15) is 5.69 Å². The normalized spacial score (nSPS) is 11.5. The number of carbonyl (C=O) groups excluding carboxylic acids is 1. The molecular weight excluding hydrogens is 310 g/mol. The molecule has 0 aliphatic carbocycles. The quantitative estimate of drug-likeness (QED) is 0.816. The van der Waals surface area contributed by atoms with Gasteiger partial charge < -0.3 is 4.90 Å². The van der Waals surface area contributed by atoms with Gasteiger partial charge in [-0.05, 0) is 37.8 Å². The third-order valence-corrected chi connectivity index (χ3v) is 4.77. The summed E-state index contributed by atoms with van der Waals surface area (Å²) in [6.45, 7) is 6.81. The summed E-state index contributed by atoms with van der Waals surface area (Å²) in [7, 11) is 1.56. The van der Waals surface area contributed by atoms with Crippen LogP contribution in [-0.2, 0) is 13.6 Å². The number of amides is 1. The van der Waals surface area contributed by atoms with Gasteiger partial charge in [-0.2, -0.15) is 5.10 Å². The lowest BCUT2D eigenvalue weighted by Gasteiger charge is -2.38. The number of hydrogen-bond donors (Lipinski definition) is 0. The van der Waals surface area contributed by atoms with Crippen molar-refractivity contribution in [3.8, 4) is 0 Å². The van der Waals surface area contributed by atoms with E-state index in [-0.39, 0.29) is 17.0 Å². The molecular formula is C17H23N3O2S. The number of hydrogen-bond acceptors (Lipinski definition) is 4. The first-order chi connectivity index (χ1) is 10.8. The highest BCUT2D eigenvalue weighted by atomic mass is 32.1. The summed E-state index contributed by atoms with van der Waals surface area (Å²) >= 11 is 1.63. The Morgan fingerprint density at radius 1 is 1.35 bits per heavy atom. The van der Waals surface area contributed by atoms with E-state index in [1.807, 2.05) is 22.4 Å². The van der Waals surface area contributed by atoms with Crippen LogP contribution in [-0.4, -0.2) is 26.1 Å². The number of aryl methyl sites for hydroxylation is 1. The maximum absolute atomic E-state index is 13.0. The van der Waals surface area contributed by atoms with Gasteiger partial charge in [0, 0.05) is 23.5 Å². The lowest BCUT2D eigenvalue weighted by molar-refractivity contribution is 0.0495. The smallest absolute Gasteiger partial charge is 0.275 e. The SMILES string of the molecule is CCCC(C)(C)N(Cc1cccs1)C(=O)c1ccc(=O)n(C)n1. The van der Waals surface area contributed by atoms with E-state index in [1.54, 1.807) is 18.4 Å². The summed E-state index contributed by atoms with van der Waals surface area (Å²) in [5.41, 5.74) is -0.210. The van der Waals surface area contributed by atoms with Gasteiger partial charge in [-0.1, -0.05) is 19.4 Å². The molecule has 0 atom stereocenters. The summed E-state index contributed by atoms with van der Waals surface area (Å²) < 4.78 is 1.20. The Morgan fingerprint density at radius 2 is 2.09 bits per heavy atom. The molecule has 0 N–H and O–H groups in total. The Labute approximate surface area is 140 Å². The highest BCUT2D eigenvalue weighted by Gasteiger charge is 2.32. The first kappa shape index (κ1) is 17.4. The minimum atomic E-state index is -0.286. The molecule has 2 aromatic heterocycles. The van der Waals surface area contributed by atoms with Crippen LogP contribution in [0.15, 0.2) is 34.4 Å². The minimum absolute atomic E-state index is 0.146. The number of carbonyl (C=O) groups is 1. The Kier molecular flexibility index (Phi) is 5.36. The van der Waals surface area contributed by atoms with Crippen molar-refractivity contribution in [1.29, 1.82) is 0 Å². The second-order valence-corrected chi connectivity index (χ2v) is 7.25. The van der Waals surface area contributed by atoms with Gasteiger partial charge in [-0.15, -0.1) is 11.3 Å². The van der Waals surface area contributed by atoms with Crippen molar-refractivity contribution < 1.29 is 4.79 Å². The van der Waals surface area contributed by atoms with Crippen molar-refractivity contribution in [2.45, 2.75) is 45.7 Å². The summed E-state index contributed by atoms with van der Waals surface area (Å²) in [4.78, 5) is 27.5. The molecule has 0 aliphatic heterocycles. The predicted molar refractivity (Wildman–Crippen MR) is 92.7 cm³/mol. The van der Waals surface area contributed by atoms with Gasteiger partial charge in [-0.3, -0.25) is 9.59 Å². The van der Waals surface area contributed by atoms with Gasteiger partial charge in [0.2, 0.25) is 0 Å². The zero-order valence-corrected chi connectivity index (χ0v) is 14.9. The Hall–Kier alpha value is -1.95. The van der Waals surface area contributed by atoms with E-state index >= 15 is 0 Å². The van der Waals surface area contributed by atoms with E-state index in [0.29, 0.717) is 12.2 Å². The Morgan fingerprint density at radius 3 is 2.65 bits per heavy atom. The number of thiophene rings is 1. The molecule has 6 heteroatoms. The molecule has 1 amide bonds. The molecule has 2 heterocycles. The maximum atomic E-state index is 13.0. The average molecular weight is 333 g/mol. The number of rotatable bonds is 6. The number of aromatic nitrogens is 2. The van der Waals surface area contributed by atoms with E-state index < -0.39 is 0 Å². The van der Waals surface area contributed by atoms with E-state index in [2.05, 4.69) is 25.9 Å². The van der Waals surface area contributed by atoms with Crippen LogP contribution in [0.4, 0.5) is 0 Å². The first-order valence-corrected chi connectivity index (χ1v) is 8.62. The van der Waals surface area contributed by atoms with Crippen LogP contribution in [0.1, 0.15) is 49.0 Å². The second-order valence-electron chi connectivity index (χ2n) is 6.21. The molecule has 0 fully saturated rings. The molecule has 124 valence electrons. The third kappa shape index (κ3) is 4.07. The summed E-state index contributed by atoms with van der Waals surface area (Å²) in [6.07, 6.45) is 1.89. The Balaban J connectivity index is 2.36. The summed E-state index contributed by atoms with van der Waals surface area (Å²) in [5.74, 6) is -0.146. The Bertz CT molecular complexity index is 720. The molecule has 0 spiro atoms. The second kappa shape index (κ2) is 7.08. The van der Waals surface area contributed by atoms with Gasteiger partial charge in [-0.25, -0.2) is 4.68 Å². The van der Waals surface area contributed by atoms with Crippen LogP contribution in [0.25, 0.3) is 0 Å². The lowest BCUT2D eigenvalue weighted by Crippen LogP contribution is -2.47. The molecule has 0 aliphatic rings. The average Bonchev–Trinajstić information content (AvgIpc) is 3.00. The van der Waals surface area contributed by atoms with E-state index in [9.17, 15) is 9.59 Å². The maximum Gasteiger partial charge on any atom is 0.275 e. The highest BCUT2D eigenvalue weighted by Crippen LogP contribution is 2.26. The molecule has 2 rings (SSSR count). The highest BCUT2D eigenvalue weighted by molar-refractivity contribution is 7.09. The van der Waals surface area contributed by atoms with Crippen molar-refractivity contribution in [2.75, 3.05) is 0 Å². The van der Waals surface area contributed by atoms with E-state index in [0.717, 1.165) is 17.7 Å². The molecule has 0 aromatic carbocycles. The van der Waals surface area contributed by atoms with E-state index in [4.69, 9.17) is 0 Å². The fourth-order valence-corrected chi connectivity index (χ4v) is 3.31. The van der Waals surface area contributed by atoms with Crippen molar-refractivity contribution in [3.05, 3.63) is 50.6 Å². The molecule has 23 heavy (non-hydrogen) atoms. The third-order valence-electron chi connectivity index (χ3n) is 3.91. The molecule has 0 bridgehead atoms. The van der Waals surface area contributed by atoms with Gasteiger partial charge >= 0.3 is 0 Å². The zero-order chi connectivity index (χ0) is 17.0. The standard InChI is InChI=1S/C17H23N3O2S/c1-5-10-17(2,3)20(12-13-7-6-11-23-13)16(22)14-8-9-15(21)19(4)18-14/h6-9,11H,5,10,12H2,1-4H3.